The molecule has 0 amide bonds. The van der Waals surface area contributed by atoms with Crippen LogP contribution in [-0.2, 0) is 6.54 Å². The van der Waals surface area contributed by atoms with Gasteiger partial charge in [-0.05, 0) is 55.4 Å². The van der Waals surface area contributed by atoms with E-state index in [9.17, 15) is 4.39 Å². The van der Waals surface area contributed by atoms with Crippen molar-refractivity contribution < 1.29 is 4.39 Å². The predicted molar refractivity (Wildman–Crippen MR) is 84.2 cm³/mol. The van der Waals surface area contributed by atoms with E-state index in [0.717, 1.165) is 36.2 Å². The monoisotopic (exact) mass is 297 g/mol. The van der Waals surface area contributed by atoms with Gasteiger partial charge in [-0.2, -0.15) is 0 Å². The lowest BCUT2D eigenvalue weighted by atomic mass is 10.2. The van der Waals surface area contributed by atoms with Gasteiger partial charge in [0.2, 0.25) is 0 Å². The van der Waals surface area contributed by atoms with Gasteiger partial charge >= 0.3 is 0 Å². The molecular formula is C18H20FN3. The van der Waals surface area contributed by atoms with Gasteiger partial charge in [0.05, 0.1) is 0 Å². The van der Waals surface area contributed by atoms with Gasteiger partial charge in [0, 0.05) is 25.2 Å². The molecule has 2 aromatic rings. The number of hydrogen-bond acceptors (Lipinski definition) is 3. The minimum Gasteiger partial charge on any atom is -0.352 e. The number of hydrogen-bond donors (Lipinski definition) is 0. The van der Waals surface area contributed by atoms with Crippen LogP contribution in [0.25, 0.3) is 0 Å². The van der Waals surface area contributed by atoms with E-state index in [-0.39, 0.29) is 5.82 Å². The van der Waals surface area contributed by atoms with Crippen molar-refractivity contribution in [2.75, 3.05) is 11.4 Å². The van der Waals surface area contributed by atoms with Gasteiger partial charge < -0.3 is 4.90 Å². The van der Waals surface area contributed by atoms with Crippen LogP contribution in [0.3, 0.4) is 0 Å². The number of aromatic nitrogens is 2. The lowest BCUT2D eigenvalue weighted by Crippen LogP contribution is -2.26. The molecule has 3 nitrogen and oxygen atoms in total. The Morgan fingerprint density at radius 2 is 1.82 bits per heavy atom. The zero-order valence-corrected chi connectivity index (χ0v) is 12.6. The molecule has 0 radical (unpaired) electrons. The van der Waals surface area contributed by atoms with Crippen LogP contribution in [0, 0.1) is 11.7 Å². The molecule has 4 heteroatoms. The van der Waals surface area contributed by atoms with Crippen LogP contribution in [0.5, 0.6) is 0 Å². The Kier molecular flexibility index (Phi) is 3.53. The van der Waals surface area contributed by atoms with E-state index in [1.54, 1.807) is 0 Å². The van der Waals surface area contributed by atoms with E-state index in [2.05, 4.69) is 9.88 Å². The zero-order valence-electron chi connectivity index (χ0n) is 12.6. The SMILES string of the molecule is Fc1ccc(CN(CC2CC2)c2ccnc(C3CC3)n2)cc1. The highest BCUT2D eigenvalue weighted by Gasteiger charge is 2.28. The summed E-state index contributed by atoms with van der Waals surface area (Å²) in [7, 11) is 0. The third-order valence-electron chi connectivity index (χ3n) is 4.39. The van der Waals surface area contributed by atoms with Crippen LogP contribution in [0.1, 0.15) is 43.0 Å². The Balaban J connectivity index is 1.56. The predicted octanol–water partition coefficient (Wildman–Crippen LogP) is 3.91. The van der Waals surface area contributed by atoms with E-state index in [4.69, 9.17) is 4.98 Å². The highest BCUT2D eigenvalue weighted by molar-refractivity contribution is 5.40. The molecule has 1 aromatic carbocycles. The standard InChI is InChI=1S/C18H20FN3/c19-16-7-3-14(4-8-16)12-22(11-13-1-2-13)17-9-10-20-18(21-17)15-5-6-15/h3-4,7-10,13,15H,1-2,5-6,11-12H2. The Hall–Kier alpha value is -1.97. The molecular weight excluding hydrogens is 277 g/mol. The fraction of sp³-hybridized carbons (Fsp3) is 0.444. The molecule has 1 aromatic heterocycles. The molecule has 114 valence electrons. The topological polar surface area (TPSA) is 29.0 Å². The van der Waals surface area contributed by atoms with Crippen LogP contribution < -0.4 is 4.90 Å². The van der Waals surface area contributed by atoms with Crippen molar-refractivity contribution in [3.05, 3.63) is 53.7 Å². The number of rotatable bonds is 6. The molecule has 2 aliphatic carbocycles. The van der Waals surface area contributed by atoms with Crippen molar-refractivity contribution in [3.63, 3.8) is 0 Å². The molecule has 2 aliphatic rings. The summed E-state index contributed by atoms with van der Waals surface area (Å²) in [6, 6.07) is 8.77. The molecule has 0 aliphatic heterocycles. The van der Waals surface area contributed by atoms with Gasteiger partial charge in [-0.3, -0.25) is 0 Å². The van der Waals surface area contributed by atoms with Crippen LogP contribution in [0.4, 0.5) is 10.2 Å². The average Bonchev–Trinajstić information content (AvgIpc) is 3.42. The Labute approximate surface area is 130 Å². The summed E-state index contributed by atoms with van der Waals surface area (Å²) in [5.74, 6) is 3.15. The third-order valence-corrected chi connectivity index (χ3v) is 4.39. The highest BCUT2D eigenvalue weighted by atomic mass is 19.1. The minimum absolute atomic E-state index is 0.185. The zero-order chi connectivity index (χ0) is 14.9. The second kappa shape index (κ2) is 5.67. The van der Waals surface area contributed by atoms with E-state index < -0.39 is 0 Å². The van der Waals surface area contributed by atoms with E-state index in [0.29, 0.717) is 5.92 Å². The Morgan fingerprint density at radius 1 is 1.05 bits per heavy atom. The lowest BCUT2D eigenvalue weighted by Gasteiger charge is -2.24. The summed E-state index contributed by atoms with van der Waals surface area (Å²) in [4.78, 5) is 11.5. The van der Waals surface area contributed by atoms with Crippen LogP contribution in [0.15, 0.2) is 36.5 Å². The fourth-order valence-corrected chi connectivity index (χ4v) is 2.74. The molecule has 0 unspecified atom stereocenters. The van der Waals surface area contributed by atoms with Gasteiger partial charge in [0.15, 0.2) is 0 Å². The minimum atomic E-state index is -0.185. The van der Waals surface area contributed by atoms with Crippen LogP contribution in [0.2, 0.25) is 0 Å². The van der Waals surface area contributed by atoms with E-state index in [1.807, 2.05) is 24.4 Å². The Bertz CT molecular complexity index is 648. The summed E-state index contributed by atoms with van der Waals surface area (Å²) >= 11 is 0. The summed E-state index contributed by atoms with van der Waals surface area (Å²) in [5, 5.41) is 0. The maximum absolute atomic E-state index is 13.1. The molecule has 22 heavy (non-hydrogen) atoms. The van der Waals surface area contributed by atoms with E-state index >= 15 is 0 Å². The maximum Gasteiger partial charge on any atom is 0.133 e. The number of nitrogens with zero attached hydrogens (tertiary/aromatic N) is 3. The molecule has 0 bridgehead atoms. The quantitative estimate of drug-likeness (QED) is 0.809. The summed E-state index contributed by atoms with van der Waals surface area (Å²) in [6.07, 6.45) is 6.91. The van der Waals surface area contributed by atoms with Crippen LogP contribution >= 0.6 is 0 Å². The number of benzene rings is 1. The normalized spacial score (nSPS) is 17.5. The first-order chi connectivity index (χ1) is 10.8. The average molecular weight is 297 g/mol. The van der Waals surface area contributed by atoms with Crippen molar-refractivity contribution >= 4 is 5.82 Å². The van der Waals surface area contributed by atoms with Crippen molar-refractivity contribution in [1.29, 1.82) is 0 Å². The summed E-state index contributed by atoms with van der Waals surface area (Å²) in [6.45, 7) is 1.80. The molecule has 4 rings (SSSR count). The van der Waals surface area contributed by atoms with E-state index in [1.165, 1.54) is 37.8 Å². The summed E-state index contributed by atoms with van der Waals surface area (Å²) in [5.41, 5.74) is 1.12. The molecule has 2 saturated carbocycles. The highest BCUT2D eigenvalue weighted by Crippen LogP contribution is 2.38. The van der Waals surface area contributed by atoms with Crippen molar-refractivity contribution in [2.45, 2.75) is 38.1 Å². The first kappa shape index (κ1) is 13.7. The largest absolute Gasteiger partial charge is 0.352 e. The molecule has 0 N–H and O–H groups in total. The van der Waals surface area contributed by atoms with Gasteiger partial charge in [0.1, 0.15) is 17.5 Å². The van der Waals surface area contributed by atoms with Crippen molar-refractivity contribution in [1.82, 2.24) is 9.97 Å². The molecule has 1 heterocycles. The lowest BCUT2D eigenvalue weighted by molar-refractivity contribution is 0.626. The molecule has 2 fully saturated rings. The van der Waals surface area contributed by atoms with Gasteiger partial charge in [-0.15, -0.1) is 0 Å². The number of halogens is 1. The van der Waals surface area contributed by atoms with Crippen molar-refractivity contribution in [3.8, 4) is 0 Å². The van der Waals surface area contributed by atoms with Gasteiger partial charge in [-0.25, -0.2) is 14.4 Å². The van der Waals surface area contributed by atoms with Crippen molar-refractivity contribution in [2.24, 2.45) is 5.92 Å². The number of anilines is 1. The van der Waals surface area contributed by atoms with Gasteiger partial charge in [-0.1, -0.05) is 12.1 Å². The molecule has 0 spiro atoms. The molecule has 0 atom stereocenters. The second-order valence-electron chi connectivity index (χ2n) is 6.50. The third kappa shape index (κ3) is 3.26. The van der Waals surface area contributed by atoms with Crippen LogP contribution in [-0.4, -0.2) is 16.5 Å². The van der Waals surface area contributed by atoms with Gasteiger partial charge in [0.25, 0.3) is 0 Å². The first-order valence-electron chi connectivity index (χ1n) is 8.10. The maximum atomic E-state index is 13.1. The fourth-order valence-electron chi connectivity index (χ4n) is 2.74. The first-order valence-corrected chi connectivity index (χ1v) is 8.10. The smallest absolute Gasteiger partial charge is 0.133 e. The summed E-state index contributed by atoms with van der Waals surface area (Å²) < 4.78 is 13.1. The Morgan fingerprint density at radius 3 is 2.50 bits per heavy atom. The second-order valence-corrected chi connectivity index (χ2v) is 6.50. The molecule has 0 saturated heterocycles.